The summed E-state index contributed by atoms with van der Waals surface area (Å²) in [4.78, 5) is 150. The maximum atomic E-state index is 14.8. The van der Waals surface area contributed by atoms with Crippen molar-refractivity contribution in [3.63, 3.8) is 0 Å². The van der Waals surface area contributed by atoms with Crippen molar-refractivity contribution in [2.45, 2.75) is 148 Å². The molecule has 28 heteroatoms. The number of aliphatic hydroxyl groups excluding tert-OH is 3. The highest BCUT2D eigenvalue weighted by atomic mass is 16.6. The maximum Gasteiger partial charge on any atom is 0.407 e. The third-order valence-corrected chi connectivity index (χ3v) is 22.0. The lowest BCUT2D eigenvalue weighted by Gasteiger charge is -2.36. The second-order valence-corrected chi connectivity index (χ2v) is 31.4. The average molecular weight is 1820 g/mol. The maximum absolute atomic E-state index is 14.8. The number of carboxylic acids is 5. The van der Waals surface area contributed by atoms with E-state index in [2.05, 4.69) is 40.2 Å². The van der Waals surface area contributed by atoms with Crippen molar-refractivity contribution in [1.29, 1.82) is 0 Å². The van der Waals surface area contributed by atoms with Crippen LogP contribution in [-0.2, 0) is 88.0 Å². The largest absolute Gasteiger partial charge is 0.481 e. The molecular weight excluding hydrogens is 1700 g/mol. The predicted octanol–water partition coefficient (Wildman–Crippen LogP) is 14.7. The van der Waals surface area contributed by atoms with Gasteiger partial charge in [-0.3, -0.25) is 47.9 Å². The number of aliphatic carboxylic acids is 5. The van der Waals surface area contributed by atoms with Gasteiger partial charge in [-0.1, -0.05) is 288 Å². The lowest BCUT2D eigenvalue weighted by atomic mass is 9.93. The monoisotopic (exact) mass is 1820 g/mol. The zero-order valence-electron chi connectivity index (χ0n) is 75.2. The summed E-state index contributed by atoms with van der Waals surface area (Å²) in [6.07, 6.45) is -2.08. The van der Waals surface area contributed by atoms with E-state index >= 15 is 0 Å². The number of aryl methyl sites for hydroxylation is 1. The first-order valence-electron chi connectivity index (χ1n) is 43.3. The van der Waals surface area contributed by atoms with Gasteiger partial charge in [0, 0.05) is 70.7 Å². The Morgan fingerprint density at radius 1 is 0.361 bits per heavy atom. The lowest BCUT2D eigenvalue weighted by Crippen LogP contribution is -2.58. The van der Waals surface area contributed by atoms with Crippen molar-refractivity contribution in [2.75, 3.05) is 54.2 Å². The highest BCUT2D eigenvalue weighted by Gasteiger charge is 2.40. The number of fused-ring (bicyclic) bond motifs is 9. The number of aliphatic hydroxyl groups is 3. The molecule has 13 rings (SSSR count). The number of nitrogens with one attached hydrogen (secondary N) is 3. The zero-order valence-corrected chi connectivity index (χ0v) is 75.2. The van der Waals surface area contributed by atoms with Crippen molar-refractivity contribution in [3.05, 3.63) is 323 Å². The Hall–Kier alpha value is -14.3. The lowest BCUT2D eigenvalue weighted by molar-refractivity contribution is -0.151. The summed E-state index contributed by atoms with van der Waals surface area (Å²) in [5.41, 5.74) is 16.7. The molecule has 10 aromatic carbocycles. The minimum Gasteiger partial charge on any atom is -0.481 e. The highest BCUT2D eigenvalue weighted by molar-refractivity contribution is 5.97. The summed E-state index contributed by atoms with van der Waals surface area (Å²) in [7, 11) is 4.33. The van der Waals surface area contributed by atoms with Crippen molar-refractivity contribution in [1.82, 2.24) is 25.8 Å². The quantitative estimate of drug-likeness (QED) is 0.0132. The van der Waals surface area contributed by atoms with E-state index in [1.807, 2.05) is 243 Å². The van der Waals surface area contributed by atoms with Crippen LogP contribution in [0.5, 0.6) is 0 Å². The van der Waals surface area contributed by atoms with Crippen molar-refractivity contribution in [3.8, 4) is 33.4 Å². The summed E-state index contributed by atoms with van der Waals surface area (Å²) in [5.74, 6) is -9.93. The van der Waals surface area contributed by atoms with E-state index in [1.54, 1.807) is 13.8 Å². The van der Waals surface area contributed by atoms with E-state index in [9.17, 15) is 62.6 Å². The van der Waals surface area contributed by atoms with Gasteiger partial charge < -0.3 is 80.8 Å². The predicted molar refractivity (Wildman–Crippen MR) is 505 cm³/mol. The second kappa shape index (κ2) is 55.6. The number of carboxylic acid groups (broad SMARTS) is 5. The molecule has 3 aliphatic rings. The fraction of sp³-hybridized carbons (Fsp3) is 0.314. The molecule has 7 atom stereocenters. The average Bonchev–Trinajstić information content (AvgIpc) is 1.63. The molecule has 0 fully saturated rings. The van der Waals surface area contributed by atoms with Crippen LogP contribution in [0.3, 0.4) is 0 Å². The smallest absolute Gasteiger partial charge is 0.407 e. The van der Waals surface area contributed by atoms with E-state index in [0.29, 0.717) is 6.42 Å². The number of carbonyl (C=O) groups excluding carboxylic acids is 7. The first kappa shape index (κ1) is 107. The van der Waals surface area contributed by atoms with Gasteiger partial charge in [0.15, 0.2) is 5.78 Å². The van der Waals surface area contributed by atoms with Crippen LogP contribution >= 0.6 is 0 Å². The topological polar surface area (TPSA) is 437 Å². The SMILES string of the molecule is C.CC(NC(=O)OCC1c2ccccc2-c2ccccc21)C(=O)O.CCO.CCO.CN[C@@H](CC(=O)O)C(=O)O.C[C@H](CC(=O)OCC1c2ccccc2-c2ccccc21)C(=O)O.C[C@H](CC(=O)[C@H](Cc1ccccc1)N(C)C(=O)[C@H](Cc1ccccc1)N(C)C(=O)[C@H](CC(=O)CCc1ccccc1)NC(=O)OCC1c2ccccc2-c2ccccc21)C(=O)O.OCc1ccccc1. The van der Waals surface area contributed by atoms with Crippen molar-refractivity contribution < 1.29 is 113 Å². The molecule has 133 heavy (non-hydrogen) atoms. The molecule has 1 unspecified atom stereocenters. The van der Waals surface area contributed by atoms with Crippen LogP contribution in [0.4, 0.5) is 9.59 Å². The van der Waals surface area contributed by atoms with E-state index < -0.39 is 114 Å². The third-order valence-electron chi connectivity index (χ3n) is 22.0. The van der Waals surface area contributed by atoms with E-state index in [-0.39, 0.29) is 109 Å². The molecule has 0 spiro atoms. The molecule has 0 saturated heterocycles. The molecule has 4 amide bonds. The Labute approximate surface area is 775 Å². The summed E-state index contributed by atoms with van der Waals surface area (Å²) < 4.78 is 16.4. The number of alkyl carbamates (subject to hydrolysis) is 2. The van der Waals surface area contributed by atoms with E-state index in [0.717, 1.165) is 77.9 Å². The Morgan fingerprint density at radius 3 is 1.00 bits per heavy atom. The number of ketones is 2. The zero-order chi connectivity index (χ0) is 96.3. The minimum absolute atomic E-state index is 0. The molecule has 0 bridgehead atoms. The first-order chi connectivity index (χ1) is 63.4. The fourth-order valence-corrected chi connectivity index (χ4v) is 15.0. The summed E-state index contributed by atoms with van der Waals surface area (Å²) >= 11 is 0. The van der Waals surface area contributed by atoms with Crippen LogP contribution in [0, 0.1) is 11.8 Å². The van der Waals surface area contributed by atoms with Gasteiger partial charge in [0.25, 0.3) is 0 Å². The van der Waals surface area contributed by atoms with Gasteiger partial charge in [-0.15, -0.1) is 0 Å². The molecule has 28 nitrogen and oxygen atoms in total. The van der Waals surface area contributed by atoms with Gasteiger partial charge in [0.2, 0.25) is 11.8 Å². The number of hydrogen-bond donors (Lipinski definition) is 11. The number of nitrogens with zero attached hydrogens (tertiary/aromatic N) is 2. The van der Waals surface area contributed by atoms with Crippen LogP contribution in [0.1, 0.15) is 148 Å². The van der Waals surface area contributed by atoms with Crippen molar-refractivity contribution in [2.24, 2.45) is 11.8 Å². The van der Waals surface area contributed by atoms with Crippen LogP contribution < -0.4 is 16.0 Å². The Morgan fingerprint density at radius 2 is 0.677 bits per heavy atom. The number of esters is 1. The molecule has 0 heterocycles. The van der Waals surface area contributed by atoms with Crippen LogP contribution in [0.25, 0.3) is 33.4 Å². The van der Waals surface area contributed by atoms with Gasteiger partial charge in [0.05, 0.1) is 37.3 Å². The van der Waals surface area contributed by atoms with E-state index in [4.69, 9.17) is 50.0 Å². The van der Waals surface area contributed by atoms with Crippen LogP contribution in [-0.4, -0.2) is 206 Å². The number of amides is 4. The molecule has 0 aliphatic heterocycles. The second-order valence-electron chi connectivity index (χ2n) is 31.4. The molecule has 704 valence electrons. The molecule has 11 N–H and O–H groups in total. The number of carbonyl (C=O) groups is 12. The van der Waals surface area contributed by atoms with Crippen LogP contribution in [0.2, 0.25) is 0 Å². The normalized spacial score (nSPS) is 12.9. The van der Waals surface area contributed by atoms with Gasteiger partial charge in [-0.2, -0.15) is 0 Å². The number of likely N-dealkylation sites (N-methyl/N-ethyl adjacent to an activating group) is 3. The van der Waals surface area contributed by atoms with E-state index in [1.165, 1.54) is 62.8 Å². The molecule has 3 aliphatic carbocycles. The summed E-state index contributed by atoms with van der Waals surface area (Å²) in [6.45, 7) is 8.73. The molecule has 0 saturated carbocycles. The minimum atomic E-state index is -1.39. The Balaban J connectivity index is 0.000000309. The van der Waals surface area contributed by atoms with Crippen LogP contribution in [0.15, 0.2) is 267 Å². The van der Waals surface area contributed by atoms with Gasteiger partial charge >= 0.3 is 48.0 Å². The third kappa shape index (κ3) is 32.6. The number of hydrogen-bond acceptors (Lipinski definition) is 19. The molecule has 0 aromatic heterocycles. The fourth-order valence-electron chi connectivity index (χ4n) is 15.0. The molecule has 10 aromatic rings. The van der Waals surface area contributed by atoms with Gasteiger partial charge in [0.1, 0.15) is 49.8 Å². The molecular formula is C105H121N5O23. The standard InChI is InChI=1S/C51H53N3O8.C19H18O4.C18H17NO4.C7H8O.C5H9NO4.2C2H6O.CH4/c1-34(50(59)60)29-47(56)45(30-36-19-9-5-10-20-36)53(2)49(58)46(31-37-21-11-6-12-22-37)54(3)48(57)44(32-38(55)28-27-35-17-7-4-8-18-35)52-51(61)62-33-43-41-25-15-13-23-39(41)40-24-14-16-26-42(40)43;1-12(19(21)22)10-18(20)23-11-17-15-8-4-2-6-13(15)14-7-3-5-9-16(14)17;1-11(17(20)21)19-18(22)23-10-16-14-8-4-2-6-12(14)13-7-3-5-9-15(13)16;8-6-7-4-2-1-3-5-7;1-6-3(5(9)10)2-4(7)8;2*1-2-3;/h4-26,34,43-46H,27-33H2,1-3H3,(H,52,61)(H,59,60);2-9,12,17H,10-11H2,1H3,(H,21,22);2-9,11,16H,10H2,1H3,(H,19,22)(H,20,21);1-5,8H,6H2;3,6H,2H2,1H3,(H,7,8)(H,9,10);2*3H,2H2,1H3;1H4/t34-,44+,45+,46+;12-;;;3-;;;/m11..0.../s1. The number of rotatable bonds is 34. The first-order valence-corrected chi connectivity index (χ1v) is 43.3. The Kier molecular flexibility index (Phi) is 45.0. The van der Waals surface area contributed by atoms with Crippen molar-refractivity contribution >= 4 is 71.4 Å². The summed E-state index contributed by atoms with van der Waals surface area (Å²) in [5, 5.41) is 74.8. The molecule has 0 radical (unpaired) electrons. The number of ether oxygens (including phenoxy) is 3. The Bertz CT molecular complexity index is 5180. The highest BCUT2D eigenvalue weighted by Crippen LogP contribution is 2.47. The van der Waals surface area contributed by atoms with Gasteiger partial charge in [-0.05, 0) is 130 Å². The van der Waals surface area contributed by atoms with Gasteiger partial charge in [-0.25, -0.2) is 9.59 Å². The summed E-state index contributed by atoms with van der Waals surface area (Å²) in [6, 6.07) is 79.7. The number of benzene rings is 10. The number of Topliss-reactive ketones (excluding diaryl/α,β-unsaturated/α-hetero) is 2.